The van der Waals surface area contributed by atoms with Crippen molar-refractivity contribution < 1.29 is 14.9 Å². The number of fused-ring (bicyclic) bond motifs is 1. The molecule has 3 aromatic rings. The first-order chi connectivity index (χ1) is 13.5. The van der Waals surface area contributed by atoms with E-state index in [0.29, 0.717) is 24.7 Å². The van der Waals surface area contributed by atoms with Gasteiger partial charge >= 0.3 is 0 Å². The molecule has 1 saturated heterocycles. The third kappa shape index (κ3) is 3.59. The molecule has 4 rings (SSSR count). The second kappa shape index (κ2) is 7.63. The summed E-state index contributed by atoms with van der Waals surface area (Å²) < 4.78 is 6.94. The molecule has 0 aliphatic carbocycles. The molecule has 0 radical (unpaired) electrons. The summed E-state index contributed by atoms with van der Waals surface area (Å²) in [5.41, 5.74) is 8.56. The lowest BCUT2D eigenvalue weighted by molar-refractivity contribution is 0.0501. The van der Waals surface area contributed by atoms with Gasteiger partial charge < -0.3 is 26.0 Å². The molecular weight excluding hydrogens is 360 g/mol. The quantitative estimate of drug-likeness (QED) is 0.482. The van der Waals surface area contributed by atoms with Gasteiger partial charge in [0.05, 0.1) is 13.2 Å². The summed E-state index contributed by atoms with van der Waals surface area (Å²) in [5.74, 6) is 1.10. The van der Waals surface area contributed by atoms with Crippen molar-refractivity contribution in [3.63, 3.8) is 0 Å². The van der Waals surface area contributed by atoms with Crippen LogP contribution in [0.15, 0.2) is 36.8 Å². The van der Waals surface area contributed by atoms with E-state index >= 15 is 0 Å². The summed E-state index contributed by atoms with van der Waals surface area (Å²) >= 11 is 0. The second-order valence-electron chi connectivity index (χ2n) is 7.01. The number of hydrogen-bond acceptors (Lipinski definition) is 8. The lowest BCUT2D eigenvalue weighted by Crippen LogP contribution is -2.50. The number of benzene rings is 1. The highest BCUT2D eigenvalue weighted by Gasteiger charge is 2.25. The van der Waals surface area contributed by atoms with E-state index in [0.717, 1.165) is 29.7 Å². The largest absolute Gasteiger partial charge is 0.504 e. The van der Waals surface area contributed by atoms with E-state index in [1.54, 1.807) is 22.7 Å². The van der Waals surface area contributed by atoms with Crippen molar-refractivity contribution in [2.24, 2.45) is 5.73 Å². The fourth-order valence-corrected chi connectivity index (χ4v) is 3.53. The van der Waals surface area contributed by atoms with Crippen molar-refractivity contribution in [1.29, 1.82) is 0 Å². The molecular formula is C19H24N6O3. The number of nitrogens with two attached hydrogens (primary N) is 1. The van der Waals surface area contributed by atoms with Crippen LogP contribution in [0.3, 0.4) is 0 Å². The van der Waals surface area contributed by atoms with Crippen molar-refractivity contribution in [2.45, 2.75) is 25.1 Å². The number of rotatable bonds is 5. The summed E-state index contributed by atoms with van der Waals surface area (Å²) in [6.07, 6.45) is 3.63. The molecule has 9 heteroatoms. The molecule has 2 aromatic heterocycles. The molecule has 1 aliphatic heterocycles. The lowest BCUT2D eigenvalue weighted by atomic mass is 10.0. The fraction of sp³-hybridized carbons (Fsp3) is 0.368. The van der Waals surface area contributed by atoms with Gasteiger partial charge in [-0.15, -0.1) is 0 Å². The third-order valence-corrected chi connectivity index (χ3v) is 5.09. The van der Waals surface area contributed by atoms with Gasteiger partial charge in [0.15, 0.2) is 17.3 Å². The second-order valence-corrected chi connectivity index (χ2v) is 7.01. The van der Waals surface area contributed by atoms with Crippen LogP contribution in [0.5, 0.6) is 11.5 Å². The van der Waals surface area contributed by atoms with Crippen molar-refractivity contribution in [2.75, 3.05) is 25.5 Å². The van der Waals surface area contributed by atoms with E-state index in [-0.39, 0.29) is 11.8 Å². The van der Waals surface area contributed by atoms with Gasteiger partial charge in [0, 0.05) is 43.6 Å². The number of hydrogen-bond donors (Lipinski definition) is 4. The van der Waals surface area contributed by atoms with Crippen LogP contribution >= 0.6 is 0 Å². The molecule has 0 amide bonds. The highest BCUT2D eigenvalue weighted by atomic mass is 16.5. The topological polar surface area (TPSA) is 121 Å². The number of anilines is 2. The van der Waals surface area contributed by atoms with Crippen molar-refractivity contribution >= 4 is 17.0 Å². The minimum atomic E-state index is -0.513. The molecule has 0 saturated carbocycles. The molecule has 0 unspecified atom stereocenters. The maximum atomic E-state index is 10.1. The zero-order chi connectivity index (χ0) is 19.7. The van der Waals surface area contributed by atoms with Crippen LogP contribution in [0.2, 0.25) is 0 Å². The number of piperidine rings is 1. The number of β-amino-alcohol motifs (C(OH)–C–C–N with tert-alkyl or cyclic N) is 1. The first-order valence-corrected chi connectivity index (χ1v) is 9.16. The van der Waals surface area contributed by atoms with Gasteiger partial charge in [0.25, 0.3) is 0 Å². The number of aliphatic hydroxyl groups excluding tert-OH is 1. The zero-order valence-corrected chi connectivity index (χ0v) is 15.6. The average Bonchev–Trinajstić information content (AvgIpc) is 3.10. The minimum absolute atomic E-state index is 0.0751. The van der Waals surface area contributed by atoms with Crippen molar-refractivity contribution in [3.05, 3.63) is 42.4 Å². The van der Waals surface area contributed by atoms with Crippen LogP contribution in [0, 0.1) is 0 Å². The van der Waals surface area contributed by atoms with Crippen LogP contribution in [-0.2, 0) is 6.54 Å². The molecule has 3 heterocycles. The van der Waals surface area contributed by atoms with E-state index in [9.17, 15) is 10.2 Å². The van der Waals surface area contributed by atoms with E-state index < -0.39 is 6.10 Å². The van der Waals surface area contributed by atoms with Crippen LogP contribution < -0.4 is 15.8 Å². The Labute approximate surface area is 162 Å². The van der Waals surface area contributed by atoms with Crippen molar-refractivity contribution in [1.82, 2.24) is 19.5 Å². The van der Waals surface area contributed by atoms with E-state index in [4.69, 9.17) is 10.5 Å². The monoisotopic (exact) mass is 384 g/mol. The molecule has 9 nitrogen and oxygen atoms in total. The molecule has 1 aromatic carbocycles. The maximum absolute atomic E-state index is 10.1. The first kappa shape index (κ1) is 18.5. The maximum Gasteiger partial charge on any atom is 0.162 e. The molecule has 0 spiro atoms. The van der Waals surface area contributed by atoms with Gasteiger partial charge in [-0.05, 0) is 30.2 Å². The normalized spacial score (nSPS) is 20.4. The van der Waals surface area contributed by atoms with Gasteiger partial charge in [-0.25, -0.2) is 9.50 Å². The number of phenols is 1. The highest BCUT2D eigenvalue weighted by Crippen LogP contribution is 2.31. The molecule has 28 heavy (non-hydrogen) atoms. The molecule has 5 N–H and O–H groups in total. The van der Waals surface area contributed by atoms with Gasteiger partial charge in [0.2, 0.25) is 0 Å². The number of methoxy groups -OCH3 is 1. The van der Waals surface area contributed by atoms with Crippen LogP contribution in [0.1, 0.15) is 12.0 Å². The number of aliphatic hydroxyl groups is 1. The summed E-state index contributed by atoms with van der Waals surface area (Å²) in [6.45, 7) is 2.05. The molecule has 0 bridgehead atoms. The summed E-state index contributed by atoms with van der Waals surface area (Å²) in [4.78, 5) is 6.58. The predicted octanol–water partition coefficient (Wildman–Crippen LogP) is 1.08. The van der Waals surface area contributed by atoms with Gasteiger partial charge in [0.1, 0.15) is 11.8 Å². The van der Waals surface area contributed by atoms with E-state index in [2.05, 4.69) is 20.3 Å². The first-order valence-electron chi connectivity index (χ1n) is 9.16. The Bertz CT molecular complexity index is 975. The summed E-state index contributed by atoms with van der Waals surface area (Å²) in [5, 5.41) is 27.4. The molecule has 1 aliphatic rings. The molecule has 2 atom stereocenters. The average molecular weight is 384 g/mol. The summed E-state index contributed by atoms with van der Waals surface area (Å²) in [7, 11) is 1.51. The Balaban J connectivity index is 1.62. The Morgan fingerprint density at radius 1 is 1.36 bits per heavy atom. The van der Waals surface area contributed by atoms with E-state index in [1.165, 1.54) is 13.4 Å². The lowest BCUT2D eigenvalue weighted by Gasteiger charge is -2.33. The Kier molecular flexibility index (Phi) is 5.03. The number of nitrogens with zero attached hydrogens (tertiary/aromatic N) is 4. The van der Waals surface area contributed by atoms with Gasteiger partial charge in [-0.1, -0.05) is 0 Å². The smallest absolute Gasteiger partial charge is 0.162 e. The molecule has 1 fully saturated rings. The summed E-state index contributed by atoms with van der Waals surface area (Å²) in [6, 6.07) is 6.87. The Morgan fingerprint density at radius 2 is 2.21 bits per heavy atom. The van der Waals surface area contributed by atoms with E-state index in [1.807, 2.05) is 12.3 Å². The number of nitrogens with one attached hydrogen (secondary N) is 1. The number of ether oxygens (including phenoxy) is 1. The molecule has 148 valence electrons. The number of aromatic nitrogens is 3. The van der Waals surface area contributed by atoms with Crippen LogP contribution in [0.25, 0.3) is 5.52 Å². The van der Waals surface area contributed by atoms with Gasteiger partial charge in [-0.2, -0.15) is 5.10 Å². The fourth-order valence-electron chi connectivity index (χ4n) is 3.53. The predicted molar refractivity (Wildman–Crippen MR) is 105 cm³/mol. The van der Waals surface area contributed by atoms with Gasteiger partial charge in [-0.3, -0.25) is 4.90 Å². The van der Waals surface area contributed by atoms with Crippen LogP contribution in [-0.4, -0.2) is 62.1 Å². The third-order valence-electron chi connectivity index (χ3n) is 5.09. The number of likely N-dealkylation sites (tertiary alicyclic amines) is 1. The Hall–Kier alpha value is -2.88. The number of phenolic OH excluding ortho intramolecular Hbond substituents is 1. The minimum Gasteiger partial charge on any atom is -0.504 e. The van der Waals surface area contributed by atoms with Crippen LogP contribution in [0.4, 0.5) is 11.5 Å². The number of aromatic hydroxyl groups is 1. The zero-order valence-electron chi connectivity index (χ0n) is 15.6. The van der Waals surface area contributed by atoms with Crippen molar-refractivity contribution in [3.8, 4) is 11.5 Å². The standard InChI is InChI=1S/C19H24N6O3/c1-28-17-8-13(2-3-15(17)26)23-19-18-12(4-7-25(18)22-11-21-19)9-24-6-5-14(20)16(27)10-24/h2-4,7-8,11,14,16,26-27H,5-6,9-10,20H2,1H3,(H,21,22,23)/t14-,16-/m1/s1. The SMILES string of the molecule is COc1cc(Nc2ncnn3ccc(CN4CC[C@@H](N)[C@H](O)C4)c23)ccc1O. The highest BCUT2D eigenvalue weighted by molar-refractivity contribution is 5.77. The Morgan fingerprint density at radius 3 is 3.00 bits per heavy atom.